The van der Waals surface area contributed by atoms with Crippen molar-refractivity contribution < 1.29 is 4.74 Å². The number of benzene rings is 1. The number of aromatic amines is 1. The molecule has 0 spiro atoms. The van der Waals surface area contributed by atoms with Gasteiger partial charge in [0.1, 0.15) is 5.75 Å². The average molecular weight is 271 g/mol. The summed E-state index contributed by atoms with van der Waals surface area (Å²) in [7, 11) is 1.70. The van der Waals surface area contributed by atoms with Crippen molar-refractivity contribution in [2.75, 3.05) is 13.7 Å². The highest BCUT2D eigenvalue weighted by molar-refractivity contribution is 5.27. The summed E-state index contributed by atoms with van der Waals surface area (Å²) in [5.41, 5.74) is 2.57. The topological polar surface area (TPSA) is 41.1 Å². The Labute approximate surface area is 119 Å². The number of nitrogens with zero attached hydrogens (tertiary/aromatic N) is 2. The van der Waals surface area contributed by atoms with E-state index >= 15 is 0 Å². The molecule has 3 rings (SSSR count). The van der Waals surface area contributed by atoms with E-state index in [0.717, 1.165) is 18.8 Å². The molecule has 0 amide bonds. The number of ether oxygens (including phenoxy) is 1. The molecular weight excluding hydrogens is 250 g/mol. The third-order valence-corrected chi connectivity index (χ3v) is 4.04. The maximum atomic E-state index is 5.21. The fraction of sp³-hybridized carbons (Fsp3) is 0.438. The molecule has 20 heavy (non-hydrogen) atoms. The standard InChI is InChI=1S/C16H21N3O/c1-20-14-7-5-13(6-8-14)12-19-11-3-2-4-16(19)15-9-10-17-18-15/h5-10,16H,2-4,11-12H2,1H3,(H,17,18)/t16-/m0/s1. The Kier molecular flexibility index (Phi) is 4.02. The summed E-state index contributed by atoms with van der Waals surface area (Å²) in [6.07, 6.45) is 5.62. The predicted octanol–water partition coefficient (Wildman–Crippen LogP) is 3.15. The maximum absolute atomic E-state index is 5.21. The zero-order valence-electron chi connectivity index (χ0n) is 11.9. The monoisotopic (exact) mass is 271 g/mol. The van der Waals surface area contributed by atoms with Gasteiger partial charge in [-0.3, -0.25) is 10.00 Å². The third-order valence-electron chi connectivity index (χ3n) is 4.04. The molecule has 0 bridgehead atoms. The van der Waals surface area contributed by atoms with E-state index in [9.17, 15) is 0 Å². The molecule has 0 unspecified atom stereocenters. The highest BCUT2D eigenvalue weighted by Gasteiger charge is 2.24. The lowest BCUT2D eigenvalue weighted by molar-refractivity contribution is 0.137. The molecule has 1 saturated heterocycles. The number of hydrogen-bond acceptors (Lipinski definition) is 3. The molecule has 2 heterocycles. The molecule has 1 atom stereocenters. The molecule has 0 aliphatic carbocycles. The van der Waals surface area contributed by atoms with Crippen LogP contribution in [-0.4, -0.2) is 28.8 Å². The molecule has 1 fully saturated rings. The Hall–Kier alpha value is -1.81. The van der Waals surface area contributed by atoms with Gasteiger partial charge < -0.3 is 4.74 Å². The van der Waals surface area contributed by atoms with Gasteiger partial charge in [0.15, 0.2) is 0 Å². The molecule has 2 aromatic rings. The summed E-state index contributed by atoms with van der Waals surface area (Å²) in [6.45, 7) is 2.13. The van der Waals surface area contributed by atoms with E-state index in [1.54, 1.807) is 7.11 Å². The van der Waals surface area contributed by atoms with Crippen molar-refractivity contribution in [1.82, 2.24) is 15.1 Å². The zero-order valence-corrected chi connectivity index (χ0v) is 11.9. The van der Waals surface area contributed by atoms with Gasteiger partial charge in [-0.1, -0.05) is 18.6 Å². The van der Waals surface area contributed by atoms with Crippen LogP contribution in [0.5, 0.6) is 5.75 Å². The van der Waals surface area contributed by atoms with Gasteiger partial charge in [-0.2, -0.15) is 5.10 Å². The molecule has 1 aliphatic rings. The van der Waals surface area contributed by atoms with E-state index in [1.807, 2.05) is 18.3 Å². The molecule has 4 nitrogen and oxygen atoms in total. The van der Waals surface area contributed by atoms with E-state index in [0.29, 0.717) is 6.04 Å². The molecule has 1 N–H and O–H groups in total. The second-order valence-corrected chi connectivity index (χ2v) is 5.34. The molecule has 0 radical (unpaired) electrons. The first-order valence-corrected chi connectivity index (χ1v) is 7.23. The predicted molar refractivity (Wildman–Crippen MR) is 78.6 cm³/mol. The van der Waals surface area contributed by atoms with Crippen LogP contribution in [-0.2, 0) is 6.54 Å². The molecule has 4 heteroatoms. The lowest BCUT2D eigenvalue weighted by Gasteiger charge is -2.35. The first kappa shape index (κ1) is 13.2. The summed E-state index contributed by atoms with van der Waals surface area (Å²) in [5, 5.41) is 7.22. The summed E-state index contributed by atoms with van der Waals surface area (Å²) < 4.78 is 5.21. The Bertz CT molecular complexity index is 521. The summed E-state index contributed by atoms with van der Waals surface area (Å²) in [4.78, 5) is 2.54. The SMILES string of the molecule is COc1ccc(CN2CCCC[C@H]2c2ccn[nH]2)cc1. The number of rotatable bonds is 4. The fourth-order valence-electron chi connectivity index (χ4n) is 2.95. The van der Waals surface area contributed by atoms with Crippen molar-refractivity contribution in [3.63, 3.8) is 0 Å². The molecule has 1 aliphatic heterocycles. The number of aromatic nitrogens is 2. The van der Waals surface area contributed by atoms with Crippen molar-refractivity contribution in [3.05, 3.63) is 47.8 Å². The number of methoxy groups -OCH3 is 1. The Morgan fingerprint density at radius 3 is 2.80 bits per heavy atom. The van der Waals surface area contributed by atoms with Crippen molar-refractivity contribution in [3.8, 4) is 5.75 Å². The Morgan fingerprint density at radius 2 is 2.10 bits per heavy atom. The van der Waals surface area contributed by atoms with Crippen molar-refractivity contribution in [1.29, 1.82) is 0 Å². The van der Waals surface area contributed by atoms with Gasteiger partial charge in [0.05, 0.1) is 18.8 Å². The maximum Gasteiger partial charge on any atom is 0.118 e. The second kappa shape index (κ2) is 6.09. The van der Waals surface area contributed by atoms with Crippen LogP contribution in [0.3, 0.4) is 0 Å². The lowest BCUT2D eigenvalue weighted by atomic mass is 9.98. The van der Waals surface area contributed by atoms with Gasteiger partial charge in [0, 0.05) is 12.7 Å². The molecule has 1 aromatic carbocycles. The fourth-order valence-corrected chi connectivity index (χ4v) is 2.95. The van der Waals surface area contributed by atoms with Gasteiger partial charge in [0.25, 0.3) is 0 Å². The molecule has 106 valence electrons. The van der Waals surface area contributed by atoms with Crippen LogP contribution >= 0.6 is 0 Å². The first-order chi connectivity index (χ1) is 9.86. The highest BCUT2D eigenvalue weighted by atomic mass is 16.5. The van der Waals surface area contributed by atoms with Crippen LogP contribution in [0, 0.1) is 0 Å². The third kappa shape index (κ3) is 2.85. The van der Waals surface area contributed by atoms with Crippen molar-refractivity contribution >= 4 is 0 Å². The largest absolute Gasteiger partial charge is 0.497 e. The Morgan fingerprint density at radius 1 is 1.25 bits per heavy atom. The van der Waals surface area contributed by atoms with Crippen LogP contribution in [0.1, 0.15) is 36.6 Å². The average Bonchev–Trinajstić information content (AvgIpc) is 3.03. The number of hydrogen-bond donors (Lipinski definition) is 1. The lowest BCUT2D eigenvalue weighted by Crippen LogP contribution is -2.33. The first-order valence-electron chi connectivity index (χ1n) is 7.23. The van der Waals surface area contributed by atoms with Gasteiger partial charge in [0.2, 0.25) is 0 Å². The summed E-state index contributed by atoms with van der Waals surface area (Å²) in [6, 6.07) is 10.9. The van der Waals surface area contributed by atoms with E-state index < -0.39 is 0 Å². The zero-order chi connectivity index (χ0) is 13.8. The van der Waals surface area contributed by atoms with Gasteiger partial charge in [-0.25, -0.2) is 0 Å². The van der Waals surface area contributed by atoms with Crippen molar-refractivity contribution in [2.24, 2.45) is 0 Å². The normalized spacial score (nSPS) is 19.9. The van der Waals surface area contributed by atoms with Gasteiger partial charge in [-0.15, -0.1) is 0 Å². The van der Waals surface area contributed by atoms with Gasteiger partial charge in [-0.05, 0) is 43.1 Å². The Balaban J connectivity index is 1.73. The van der Waals surface area contributed by atoms with E-state index in [2.05, 4.69) is 33.3 Å². The van der Waals surface area contributed by atoms with Crippen LogP contribution in [0.4, 0.5) is 0 Å². The number of H-pyrrole nitrogens is 1. The molecule has 1 aromatic heterocycles. The minimum Gasteiger partial charge on any atom is -0.497 e. The molecular formula is C16H21N3O. The second-order valence-electron chi connectivity index (χ2n) is 5.34. The smallest absolute Gasteiger partial charge is 0.118 e. The number of nitrogens with one attached hydrogen (secondary N) is 1. The van der Waals surface area contributed by atoms with Crippen LogP contribution in [0.15, 0.2) is 36.5 Å². The highest BCUT2D eigenvalue weighted by Crippen LogP contribution is 2.31. The quantitative estimate of drug-likeness (QED) is 0.928. The van der Waals surface area contributed by atoms with Crippen LogP contribution in [0.25, 0.3) is 0 Å². The van der Waals surface area contributed by atoms with Crippen molar-refractivity contribution in [2.45, 2.75) is 31.8 Å². The number of piperidine rings is 1. The number of likely N-dealkylation sites (tertiary alicyclic amines) is 1. The van der Waals surface area contributed by atoms with Crippen LogP contribution in [0.2, 0.25) is 0 Å². The van der Waals surface area contributed by atoms with E-state index in [1.165, 1.54) is 30.5 Å². The van der Waals surface area contributed by atoms with Gasteiger partial charge >= 0.3 is 0 Å². The summed E-state index contributed by atoms with van der Waals surface area (Å²) in [5.74, 6) is 0.914. The molecule has 0 saturated carbocycles. The van der Waals surface area contributed by atoms with E-state index in [-0.39, 0.29) is 0 Å². The minimum atomic E-state index is 0.466. The summed E-state index contributed by atoms with van der Waals surface area (Å²) >= 11 is 0. The van der Waals surface area contributed by atoms with E-state index in [4.69, 9.17) is 4.74 Å². The van der Waals surface area contributed by atoms with Crippen LogP contribution < -0.4 is 4.74 Å². The minimum absolute atomic E-state index is 0.466.